The Morgan fingerprint density at radius 2 is 1.00 bits per heavy atom. The molecular formula is H5BaBiNdTi. The molecule has 0 nitrogen and oxygen atoms in total. The van der Waals surface area contributed by atoms with Gasteiger partial charge in [0.25, 0.3) is 0 Å². The van der Waals surface area contributed by atoms with Gasteiger partial charge in [-0.1, -0.05) is 0 Å². The van der Waals surface area contributed by atoms with Gasteiger partial charge in [-0.25, -0.2) is 0 Å². The van der Waals surface area contributed by atoms with Crippen LogP contribution in [0.2, 0.25) is 0 Å². The summed E-state index contributed by atoms with van der Waals surface area (Å²) in [6.07, 6.45) is 0. The minimum absolute atomic E-state index is 0. The third-order valence-corrected chi connectivity index (χ3v) is 0. The third kappa shape index (κ3) is 9.72. The Kier molecular flexibility index (Phi) is 92.3. The van der Waals surface area contributed by atoms with Crippen LogP contribution < -0.4 is 0 Å². The second-order valence-corrected chi connectivity index (χ2v) is 0. The molecule has 0 N–H and O–H groups in total. The molecule has 0 aromatic carbocycles. The SMILES string of the molecule is [BaH2].[BiH3].[Nd].[Ti]. The summed E-state index contributed by atoms with van der Waals surface area (Å²) in [5, 5.41) is 0. The molecule has 0 bridgehead atoms. The predicted molar refractivity (Wildman–Crippen MR) is 18.5 cm³/mol. The molecule has 0 unspecified atom stereocenters. The third-order valence-electron chi connectivity index (χ3n) is 0. The molecule has 0 saturated heterocycles. The molecule has 0 heterocycles. The molecule has 0 aromatic rings. The summed E-state index contributed by atoms with van der Waals surface area (Å²) >= 11 is 0. The summed E-state index contributed by atoms with van der Waals surface area (Å²) in [6, 6.07) is 0. The molecule has 0 aliphatic carbocycles. The van der Waals surface area contributed by atoms with Crippen LogP contribution in [0, 0.1) is 40.8 Å². The maximum absolute atomic E-state index is 0. The van der Waals surface area contributed by atoms with Crippen molar-refractivity contribution in [3.8, 4) is 0 Å². The van der Waals surface area contributed by atoms with Crippen LogP contribution in [0.15, 0.2) is 0 Å². The monoisotopic (exact) mass is 542 g/mol. The zero-order valence-corrected chi connectivity index (χ0v) is 12.0. The smallest absolute Gasteiger partial charge is 0 e. The standard InChI is InChI=1S/Ba.Bi.Nd.Ti.5H. The van der Waals surface area contributed by atoms with Crippen LogP contribution in [0.5, 0.6) is 0 Å². The molecule has 0 aromatic heterocycles. The van der Waals surface area contributed by atoms with Crippen LogP contribution in [0.3, 0.4) is 0 Å². The second kappa shape index (κ2) is 15.6. The summed E-state index contributed by atoms with van der Waals surface area (Å²) in [4.78, 5) is 0. The van der Waals surface area contributed by atoms with Crippen molar-refractivity contribution in [3.05, 3.63) is 0 Å². The molecule has 0 amide bonds. The Hall–Kier alpha value is 4.52. The van der Waals surface area contributed by atoms with Crippen LogP contribution in [-0.2, 0) is 21.7 Å². The van der Waals surface area contributed by atoms with Crippen LogP contribution in [0.25, 0.3) is 0 Å². The zero-order valence-electron chi connectivity index (χ0n) is 1.71. The van der Waals surface area contributed by atoms with E-state index in [1.807, 2.05) is 0 Å². The molecule has 0 aliphatic rings. The van der Waals surface area contributed by atoms with Gasteiger partial charge >= 0.3 is 75.1 Å². The van der Waals surface area contributed by atoms with Crippen molar-refractivity contribution in [3.63, 3.8) is 0 Å². The molecule has 0 atom stereocenters. The summed E-state index contributed by atoms with van der Waals surface area (Å²) in [5.41, 5.74) is 0. The molecule has 0 fully saturated rings. The van der Waals surface area contributed by atoms with Gasteiger partial charge in [0.05, 0.1) is 0 Å². The minimum atomic E-state index is 0. The fourth-order valence-corrected chi connectivity index (χ4v) is 0. The number of hydrogen-bond acceptors (Lipinski definition) is 0. The van der Waals surface area contributed by atoms with E-state index in [-0.39, 0.29) is 138 Å². The van der Waals surface area contributed by atoms with Crippen molar-refractivity contribution in [2.75, 3.05) is 0 Å². The Bertz CT molecular complexity index is 8.00. The molecule has 4 heteroatoms. The van der Waals surface area contributed by atoms with E-state index in [1.165, 1.54) is 0 Å². The molecule has 0 spiro atoms. The first kappa shape index (κ1) is 23.6. The van der Waals surface area contributed by atoms with Gasteiger partial charge in [0.1, 0.15) is 0 Å². The Morgan fingerprint density at radius 3 is 1.00 bits per heavy atom. The normalized spacial score (nSPS) is 0. The van der Waals surface area contributed by atoms with Crippen LogP contribution >= 0.6 is 0 Å². The maximum atomic E-state index is 0. The fraction of sp³-hybridized carbons (Fsp3) is 0. The summed E-state index contributed by atoms with van der Waals surface area (Å²) in [5.74, 6) is 0. The van der Waals surface area contributed by atoms with Crippen LogP contribution in [0.1, 0.15) is 0 Å². The van der Waals surface area contributed by atoms with Crippen LogP contribution in [-0.4, -0.2) is 75.1 Å². The first-order chi connectivity index (χ1) is 0. The van der Waals surface area contributed by atoms with E-state index in [9.17, 15) is 0 Å². The average molecular weight is 543 g/mol. The zero-order chi connectivity index (χ0) is 0. The number of rotatable bonds is 0. The molecule has 4 heavy (non-hydrogen) atoms. The van der Waals surface area contributed by atoms with Gasteiger partial charge < -0.3 is 0 Å². The van der Waals surface area contributed by atoms with E-state index in [0.717, 1.165) is 0 Å². The Balaban J connectivity index is 0. The predicted octanol–water partition coefficient (Wildman–Crippen LogP) is -2.10. The van der Waals surface area contributed by atoms with Crippen molar-refractivity contribution in [1.29, 1.82) is 0 Å². The van der Waals surface area contributed by atoms with Crippen molar-refractivity contribution in [2.24, 2.45) is 0 Å². The molecule has 0 radical (unpaired) electrons. The van der Waals surface area contributed by atoms with Gasteiger partial charge in [-0.15, -0.1) is 0 Å². The molecule has 0 rings (SSSR count). The molecular weight excluding hydrogens is 538 g/mol. The fourth-order valence-electron chi connectivity index (χ4n) is 0. The largest absolute Gasteiger partial charge is 0 e. The van der Waals surface area contributed by atoms with Crippen LogP contribution in [0.4, 0.5) is 0 Å². The van der Waals surface area contributed by atoms with Gasteiger partial charge in [0.15, 0.2) is 0 Å². The topological polar surface area (TPSA) is 0 Å². The van der Waals surface area contributed by atoms with E-state index < -0.39 is 0 Å². The van der Waals surface area contributed by atoms with Gasteiger partial charge in [-0.3, -0.25) is 0 Å². The first-order valence-corrected chi connectivity index (χ1v) is 0. The second-order valence-electron chi connectivity index (χ2n) is 0. The average Bonchev–Trinajstić information content (AvgIpc) is 0. The first-order valence-electron chi connectivity index (χ1n) is 0. The van der Waals surface area contributed by atoms with Gasteiger partial charge in [-0.05, 0) is 0 Å². The summed E-state index contributed by atoms with van der Waals surface area (Å²) in [6.45, 7) is 0. The van der Waals surface area contributed by atoms with Crippen molar-refractivity contribution < 1.29 is 62.6 Å². The Morgan fingerprint density at radius 1 is 1.00 bits per heavy atom. The van der Waals surface area contributed by atoms with E-state index in [2.05, 4.69) is 0 Å². The van der Waals surface area contributed by atoms with E-state index in [4.69, 9.17) is 0 Å². The summed E-state index contributed by atoms with van der Waals surface area (Å²) in [7, 11) is 0. The number of hydrogen-bond donors (Lipinski definition) is 0. The van der Waals surface area contributed by atoms with E-state index >= 15 is 0 Å². The molecule has 20 valence electrons. The summed E-state index contributed by atoms with van der Waals surface area (Å²) < 4.78 is 0. The Labute approximate surface area is 133 Å². The minimum Gasteiger partial charge on any atom is 0 e. The maximum Gasteiger partial charge on any atom is 0 e. The van der Waals surface area contributed by atoms with Gasteiger partial charge in [0, 0.05) is 62.6 Å². The quantitative estimate of drug-likeness (QED) is 0.308. The molecule has 0 aliphatic heterocycles. The van der Waals surface area contributed by atoms with Crippen molar-refractivity contribution >= 4 is 75.1 Å². The van der Waals surface area contributed by atoms with Crippen molar-refractivity contribution in [2.45, 2.75) is 0 Å². The molecule has 0 saturated carbocycles. The van der Waals surface area contributed by atoms with E-state index in [0.29, 0.717) is 0 Å². The van der Waals surface area contributed by atoms with E-state index in [1.54, 1.807) is 0 Å². The van der Waals surface area contributed by atoms with Gasteiger partial charge in [0.2, 0.25) is 0 Å². The van der Waals surface area contributed by atoms with Crippen molar-refractivity contribution in [1.82, 2.24) is 0 Å². The van der Waals surface area contributed by atoms with Gasteiger partial charge in [-0.2, -0.15) is 0 Å².